The summed E-state index contributed by atoms with van der Waals surface area (Å²) in [6, 6.07) is 1.49. The molecule has 1 N–H and O–H groups in total. The molecular formula is C17H13ClF4N2O5. The predicted octanol–water partition coefficient (Wildman–Crippen LogP) is 2.03. The lowest BCUT2D eigenvalue weighted by molar-refractivity contribution is -0.144. The Morgan fingerprint density at radius 2 is 1.90 bits per heavy atom. The molecule has 0 saturated heterocycles. The Morgan fingerprint density at radius 3 is 2.45 bits per heavy atom. The minimum absolute atomic E-state index is 0.135. The fourth-order valence-corrected chi connectivity index (χ4v) is 2.78. The van der Waals surface area contributed by atoms with Gasteiger partial charge in [-0.2, -0.15) is 13.2 Å². The van der Waals surface area contributed by atoms with Gasteiger partial charge in [-0.1, -0.05) is 11.6 Å². The van der Waals surface area contributed by atoms with E-state index in [1.807, 2.05) is 0 Å². The van der Waals surface area contributed by atoms with E-state index in [0.717, 1.165) is 13.1 Å². The van der Waals surface area contributed by atoms with Gasteiger partial charge in [-0.15, -0.1) is 0 Å². The van der Waals surface area contributed by atoms with Gasteiger partial charge in [0.2, 0.25) is 0 Å². The summed E-state index contributed by atoms with van der Waals surface area (Å²) in [6.07, 6.45) is -4.12. The van der Waals surface area contributed by atoms with Gasteiger partial charge in [-0.3, -0.25) is 9.36 Å². The first kappa shape index (κ1) is 21.1. The van der Waals surface area contributed by atoms with Crippen LogP contribution in [0.25, 0.3) is 5.69 Å². The van der Waals surface area contributed by atoms with Crippen molar-refractivity contribution in [3.63, 3.8) is 0 Å². The largest absolute Gasteiger partial charge is 0.459 e. The quantitative estimate of drug-likeness (QED) is 0.585. The third kappa shape index (κ3) is 4.06. The van der Waals surface area contributed by atoms with Gasteiger partial charge in [-0.05, 0) is 25.0 Å². The van der Waals surface area contributed by atoms with Gasteiger partial charge >= 0.3 is 17.8 Å². The average molecular weight is 437 g/mol. The molecule has 3 rings (SSSR count). The summed E-state index contributed by atoms with van der Waals surface area (Å²) in [5.74, 6) is -2.28. The van der Waals surface area contributed by atoms with E-state index >= 15 is 0 Å². The number of esters is 1. The maximum Gasteiger partial charge on any atom is 0.431 e. The number of aromatic nitrogens is 2. The minimum atomic E-state index is -4.98. The van der Waals surface area contributed by atoms with Crippen LogP contribution in [-0.4, -0.2) is 32.4 Å². The Kier molecular flexibility index (Phi) is 5.08. The third-order valence-corrected chi connectivity index (χ3v) is 4.72. The second kappa shape index (κ2) is 6.99. The van der Waals surface area contributed by atoms with E-state index in [0.29, 0.717) is 18.9 Å². The molecule has 1 aliphatic rings. The molecule has 156 valence electrons. The van der Waals surface area contributed by atoms with E-state index in [9.17, 15) is 37.1 Å². The number of nitrogens with zero attached hydrogens (tertiary/aromatic N) is 2. The highest BCUT2D eigenvalue weighted by atomic mass is 35.5. The summed E-state index contributed by atoms with van der Waals surface area (Å²) < 4.78 is 58.4. The van der Waals surface area contributed by atoms with Gasteiger partial charge in [0.15, 0.2) is 0 Å². The molecule has 1 heterocycles. The van der Waals surface area contributed by atoms with Crippen LogP contribution in [-0.2, 0) is 18.0 Å². The molecule has 0 bridgehead atoms. The van der Waals surface area contributed by atoms with E-state index in [4.69, 9.17) is 16.3 Å². The number of hydrogen-bond acceptors (Lipinski definition) is 5. The van der Waals surface area contributed by atoms with Crippen LogP contribution in [0.1, 0.15) is 28.9 Å². The Balaban J connectivity index is 2.10. The van der Waals surface area contributed by atoms with Crippen molar-refractivity contribution in [1.29, 1.82) is 0 Å². The lowest BCUT2D eigenvalue weighted by Gasteiger charge is -2.15. The maximum atomic E-state index is 14.4. The first-order valence-electron chi connectivity index (χ1n) is 8.13. The van der Waals surface area contributed by atoms with Crippen LogP contribution in [0.15, 0.2) is 27.8 Å². The molecule has 1 aliphatic carbocycles. The molecule has 0 atom stereocenters. The predicted molar refractivity (Wildman–Crippen MR) is 91.7 cm³/mol. The van der Waals surface area contributed by atoms with Crippen LogP contribution in [0.2, 0.25) is 5.02 Å². The number of rotatable bonds is 4. The number of ether oxygens (including phenoxy) is 1. The normalized spacial score (nSPS) is 15.3. The lowest BCUT2D eigenvalue weighted by atomic mass is 10.2. The van der Waals surface area contributed by atoms with Gasteiger partial charge in [0.1, 0.15) is 18.1 Å². The van der Waals surface area contributed by atoms with Gasteiger partial charge in [0, 0.05) is 13.1 Å². The van der Waals surface area contributed by atoms with E-state index < -0.39 is 56.8 Å². The standard InChI is InChI=1S/C17H13ClF4N2O5/c1-23-12(17(20,21)22)6-13(25)24(15(23)27)11-4-8(9(18)5-10(11)19)14(26)29-7-16(28)2-3-16/h4-6,28H,2-3,7H2,1H3. The highest BCUT2D eigenvalue weighted by molar-refractivity contribution is 6.33. The Hall–Kier alpha value is -2.66. The molecule has 1 saturated carbocycles. The van der Waals surface area contributed by atoms with Crippen molar-refractivity contribution in [2.24, 2.45) is 7.05 Å². The Labute approximate surface area is 164 Å². The lowest BCUT2D eigenvalue weighted by Crippen LogP contribution is -2.41. The first-order valence-corrected chi connectivity index (χ1v) is 8.51. The van der Waals surface area contributed by atoms with Gasteiger partial charge in [-0.25, -0.2) is 18.5 Å². The molecule has 1 aromatic carbocycles. The summed E-state index contributed by atoms with van der Waals surface area (Å²) in [4.78, 5) is 36.7. The molecule has 0 spiro atoms. The number of carbonyl (C=O) groups is 1. The Morgan fingerprint density at radius 1 is 1.28 bits per heavy atom. The van der Waals surface area contributed by atoms with Crippen LogP contribution in [0, 0.1) is 5.82 Å². The minimum Gasteiger partial charge on any atom is -0.459 e. The molecule has 0 aliphatic heterocycles. The third-order valence-electron chi connectivity index (χ3n) is 4.41. The van der Waals surface area contributed by atoms with Crippen molar-refractivity contribution in [1.82, 2.24) is 9.13 Å². The maximum absolute atomic E-state index is 14.4. The summed E-state index contributed by atoms with van der Waals surface area (Å²) in [5.41, 5.74) is -6.78. The van der Waals surface area contributed by atoms with E-state index in [1.165, 1.54) is 0 Å². The number of hydrogen-bond donors (Lipinski definition) is 1. The molecule has 7 nitrogen and oxygen atoms in total. The molecular weight excluding hydrogens is 424 g/mol. The van der Waals surface area contributed by atoms with Crippen molar-refractivity contribution < 1.29 is 32.2 Å². The molecule has 0 radical (unpaired) electrons. The second-order valence-corrected chi connectivity index (χ2v) is 7.03. The SMILES string of the molecule is Cn1c(C(F)(F)F)cc(=O)n(-c2cc(C(=O)OCC3(O)CC3)c(Cl)cc2F)c1=O. The zero-order valence-corrected chi connectivity index (χ0v) is 15.5. The summed E-state index contributed by atoms with van der Waals surface area (Å²) in [5, 5.41) is 9.31. The zero-order chi connectivity index (χ0) is 21.7. The summed E-state index contributed by atoms with van der Waals surface area (Å²) >= 11 is 5.82. The van der Waals surface area contributed by atoms with Gasteiger partial charge < -0.3 is 9.84 Å². The number of carbonyl (C=O) groups excluding carboxylic acids is 1. The average Bonchev–Trinajstić information content (AvgIpc) is 3.34. The van der Waals surface area contributed by atoms with Crippen LogP contribution in [0.3, 0.4) is 0 Å². The van der Waals surface area contributed by atoms with Crippen LogP contribution < -0.4 is 11.2 Å². The first-order chi connectivity index (χ1) is 13.3. The number of benzene rings is 1. The van der Waals surface area contributed by atoms with Gasteiger partial charge in [0.25, 0.3) is 5.56 Å². The topological polar surface area (TPSA) is 90.5 Å². The number of alkyl halides is 3. The molecule has 0 unspecified atom stereocenters. The highest BCUT2D eigenvalue weighted by Gasteiger charge is 2.42. The van der Waals surface area contributed by atoms with Crippen molar-refractivity contribution >= 4 is 17.6 Å². The number of halogens is 5. The summed E-state index contributed by atoms with van der Waals surface area (Å²) in [7, 11) is 0.764. The van der Waals surface area contributed by atoms with Gasteiger partial charge in [0.05, 0.1) is 21.9 Å². The fraction of sp³-hybridized carbons (Fsp3) is 0.353. The second-order valence-electron chi connectivity index (χ2n) is 6.63. The number of aliphatic hydroxyl groups is 1. The monoisotopic (exact) mass is 436 g/mol. The molecule has 0 amide bonds. The van der Waals surface area contributed by atoms with Crippen LogP contribution in [0.4, 0.5) is 17.6 Å². The van der Waals surface area contributed by atoms with Crippen molar-refractivity contribution in [2.45, 2.75) is 24.6 Å². The van der Waals surface area contributed by atoms with Crippen LogP contribution >= 0.6 is 11.6 Å². The molecule has 1 fully saturated rings. The van der Waals surface area contributed by atoms with Crippen molar-refractivity contribution in [3.8, 4) is 5.69 Å². The van der Waals surface area contributed by atoms with Crippen LogP contribution in [0.5, 0.6) is 0 Å². The molecule has 29 heavy (non-hydrogen) atoms. The zero-order valence-electron chi connectivity index (χ0n) is 14.7. The van der Waals surface area contributed by atoms with Crippen molar-refractivity contribution in [3.05, 3.63) is 61.1 Å². The van der Waals surface area contributed by atoms with E-state index in [-0.39, 0.29) is 21.8 Å². The van der Waals surface area contributed by atoms with E-state index in [1.54, 1.807) is 0 Å². The van der Waals surface area contributed by atoms with E-state index in [2.05, 4.69) is 0 Å². The molecule has 12 heteroatoms. The Bertz CT molecular complexity index is 1120. The molecule has 2 aromatic rings. The summed E-state index contributed by atoms with van der Waals surface area (Å²) in [6.45, 7) is -0.336. The van der Waals surface area contributed by atoms with Crippen molar-refractivity contribution in [2.75, 3.05) is 6.61 Å². The highest BCUT2D eigenvalue weighted by Crippen LogP contribution is 2.35. The fourth-order valence-electron chi connectivity index (χ4n) is 2.55. The smallest absolute Gasteiger partial charge is 0.431 e. The molecule has 1 aromatic heterocycles.